The first-order valence-electron chi connectivity index (χ1n) is 21.2. The van der Waals surface area contributed by atoms with Crippen molar-refractivity contribution in [2.75, 3.05) is 112 Å². The normalized spacial score (nSPS) is 13.8. The van der Waals surface area contributed by atoms with Crippen LogP contribution in [0.4, 0.5) is 74.6 Å². The third-order valence-electron chi connectivity index (χ3n) is 9.18. The first kappa shape index (κ1) is 64.0. The molecule has 0 amide bonds. The number of unbranched alkanes of at least 4 members (excludes halogenated alkanes) is 9. The maximum Gasteiger partial charge on any atom is 0.460 e. The van der Waals surface area contributed by atoms with Gasteiger partial charge in [0.1, 0.15) is 6.61 Å². The largest absolute Gasteiger partial charge is 0.463 e. The highest BCUT2D eigenvalue weighted by atomic mass is 19.4. The van der Waals surface area contributed by atoms with E-state index in [0.29, 0.717) is 39.5 Å². The zero-order valence-corrected chi connectivity index (χ0v) is 36.5. The summed E-state index contributed by atoms with van der Waals surface area (Å²) in [5, 5.41) is 0. The van der Waals surface area contributed by atoms with Crippen LogP contribution in [0.5, 0.6) is 0 Å². The molecule has 0 aromatic rings. The molecule has 66 heavy (non-hydrogen) atoms. The van der Waals surface area contributed by atoms with Gasteiger partial charge in [-0.25, -0.2) is 0 Å². The van der Waals surface area contributed by atoms with E-state index in [1.54, 1.807) is 0 Å². The number of hydrogen-bond donors (Lipinski definition) is 0. The van der Waals surface area contributed by atoms with Crippen LogP contribution in [0.2, 0.25) is 0 Å². The van der Waals surface area contributed by atoms with E-state index in [2.05, 4.69) is 11.7 Å². The summed E-state index contributed by atoms with van der Waals surface area (Å²) < 4.78 is 273. The molecule has 0 unspecified atom stereocenters. The molecule has 0 aromatic heterocycles. The van der Waals surface area contributed by atoms with Crippen LogP contribution in [0, 0.1) is 0 Å². The molecule has 0 aromatic carbocycles. The number of carbonyl (C=O) groups excluding carboxylic acids is 1. The number of esters is 1. The van der Waals surface area contributed by atoms with Crippen molar-refractivity contribution in [3.63, 3.8) is 0 Å². The summed E-state index contributed by atoms with van der Waals surface area (Å²) in [4.78, 5) is 11.8. The zero-order chi connectivity index (χ0) is 50.4. The molecule has 0 bridgehead atoms. The lowest BCUT2D eigenvalue weighted by atomic mass is 9.88. The van der Waals surface area contributed by atoms with Gasteiger partial charge in [-0.05, 0) is 6.42 Å². The molecule has 0 fully saturated rings. The molecule has 0 saturated heterocycles. The first-order valence-corrected chi connectivity index (χ1v) is 21.2. The minimum Gasteiger partial charge on any atom is -0.463 e. The van der Waals surface area contributed by atoms with Crippen molar-refractivity contribution in [1.29, 1.82) is 0 Å². The molecule has 0 aliphatic rings. The van der Waals surface area contributed by atoms with Gasteiger partial charge in [-0.1, -0.05) is 64.7 Å². The molecule has 0 N–H and O–H groups in total. The number of halogens is 17. The summed E-state index contributed by atoms with van der Waals surface area (Å²) >= 11 is 0. The Morgan fingerprint density at radius 1 is 0.318 bits per heavy atom. The van der Waals surface area contributed by atoms with Crippen molar-refractivity contribution < 1.29 is 122 Å². The lowest BCUT2D eigenvalue weighted by molar-refractivity contribution is -0.462. The highest BCUT2D eigenvalue weighted by molar-refractivity contribution is 5.69. The minimum atomic E-state index is -8.66. The standard InChI is InChI=1S/C39H61F17O10/c1-2-3-4-5-6-7-8-9-10-11-12-31(57)66-30-29-65-28-27-64-26-25-63-24-23-62-22-21-61-20-19-60-18-17-59-16-15-58-14-13-32(40,41)33(42,43)34(44,45)35(46,47)36(48,49)37(50,51)38(52,53)39(54,55)56/h2-30H2,1H3. The van der Waals surface area contributed by atoms with E-state index in [1.165, 1.54) is 44.9 Å². The number of ether oxygens (including phenoxy) is 9. The average Bonchev–Trinajstić information content (AvgIpc) is 3.23. The van der Waals surface area contributed by atoms with E-state index in [1.807, 2.05) is 0 Å². The van der Waals surface area contributed by atoms with Crippen molar-refractivity contribution in [1.82, 2.24) is 0 Å². The van der Waals surface area contributed by atoms with Crippen LogP contribution in [0.1, 0.15) is 84.0 Å². The van der Waals surface area contributed by atoms with Gasteiger partial charge in [0.15, 0.2) is 0 Å². The van der Waals surface area contributed by atoms with Crippen molar-refractivity contribution in [2.24, 2.45) is 0 Å². The number of alkyl halides is 17. The molecule has 0 saturated carbocycles. The fourth-order valence-electron chi connectivity index (χ4n) is 5.24. The monoisotopic (exact) mass is 1010 g/mol. The summed E-state index contributed by atoms with van der Waals surface area (Å²) in [6, 6.07) is 0. The van der Waals surface area contributed by atoms with Gasteiger partial charge in [0.2, 0.25) is 0 Å². The fraction of sp³-hybridized carbons (Fsp3) is 0.974. The van der Waals surface area contributed by atoms with Gasteiger partial charge in [-0.3, -0.25) is 4.79 Å². The van der Waals surface area contributed by atoms with Gasteiger partial charge < -0.3 is 42.6 Å². The van der Waals surface area contributed by atoms with E-state index < -0.39 is 73.9 Å². The summed E-state index contributed by atoms with van der Waals surface area (Å²) in [5.41, 5.74) is 0. The van der Waals surface area contributed by atoms with E-state index in [-0.39, 0.29) is 65.4 Å². The quantitative estimate of drug-likeness (QED) is 0.0333. The molecule has 0 atom stereocenters. The molecule has 27 heteroatoms. The zero-order valence-electron chi connectivity index (χ0n) is 36.5. The third kappa shape index (κ3) is 21.3. The van der Waals surface area contributed by atoms with Crippen molar-refractivity contribution in [3.8, 4) is 0 Å². The second-order valence-electron chi connectivity index (χ2n) is 14.4. The number of rotatable bonds is 44. The Bertz CT molecular complexity index is 1250. The second-order valence-corrected chi connectivity index (χ2v) is 14.4. The SMILES string of the molecule is CCCCCCCCCCCCC(=O)OCCOCCOCCOCCOCCOCCOCCOCCOCCC(F)(F)C(F)(F)C(F)(F)C(F)(F)C(F)(F)C(F)(F)C(F)(F)C(F)(F)F. The average molecular weight is 1010 g/mol. The molecule has 0 heterocycles. The summed E-state index contributed by atoms with van der Waals surface area (Å²) in [6.07, 6.45) is 1.81. The van der Waals surface area contributed by atoms with Gasteiger partial charge in [0.05, 0.1) is 106 Å². The molecule has 0 aliphatic heterocycles. The van der Waals surface area contributed by atoms with Crippen LogP contribution >= 0.6 is 0 Å². The predicted octanol–water partition coefficient (Wildman–Crippen LogP) is 10.4. The van der Waals surface area contributed by atoms with Gasteiger partial charge in [-0.15, -0.1) is 0 Å². The van der Waals surface area contributed by atoms with E-state index in [0.717, 1.165) is 19.3 Å². The maximum absolute atomic E-state index is 13.9. The van der Waals surface area contributed by atoms with Gasteiger partial charge in [-0.2, -0.15) is 74.6 Å². The number of carbonyl (C=O) groups is 1. The van der Waals surface area contributed by atoms with Crippen LogP contribution in [-0.2, 0) is 47.4 Å². The maximum atomic E-state index is 13.9. The lowest BCUT2D eigenvalue weighted by Gasteiger charge is -2.42. The van der Waals surface area contributed by atoms with Crippen LogP contribution in [-0.4, -0.2) is 166 Å². The molecular weight excluding hydrogens is 951 g/mol. The molecule has 0 rings (SSSR count). The Morgan fingerprint density at radius 3 is 0.894 bits per heavy atom. The van der Waals surface area contributed by atoms with Crippen LogP contribution in [0.25, 0.3) is 0 Å². The Kier molecular flexibility index (Phi) is 31.0. The summed E-state index contributed by atoms with van der Waals surface area (Å²) in [6.45, 7) is 2.00. The Balaban J connectivity index is 3.86. The van der Waals surface area contributed by atoms with Gasteiger partial charge >= 0.3 is 53.6 Å². The molecule has 396 valence electrons. The second kappa shape index (κ2) is 32.0. The van der Waals surface area contributed by atoms with Crippen molar-refractivity contribution in [2.45, 2.75) is 132 Å². The first-order chi connectivity index (χ1) is 30.7. The Hall–Kier alpha value is -2.04. The van der Waals surface area contributed by atoms with E-state index >= 15 is 0 Å². The summed E-state index contributed by atoms with van der Waals surface area (Å²) in [5.74, 6) is -56.8. The number of hydrogen-bond acceptors (Lipinski definition) is 10. The van der Waals surface area contributed by atoms with Crippen LogP contribution in [0.15, 0.2) is 0 Å². The van der Waals surface area contributed by atoms with Gasteiger partial charge in [0.25, 0.3) is 0 Å². The highest BCUT2D eigenvalue weighted by Crippen LogP contribution is 2.64. The smallest absolute Gasteiger partial charge is 0.460 e. The minimum absolute atomic E-state index is 0.0717. The van der Waals surface area contributed by atoms with Crippen molar-refractivity contribution in [3.05, 3.63) is 0 Å². The molecule has 10 nitrogen and oxygen atoms in total. The molecule has 0 radical (unpaired) electrons. The third-order valence-corrected chi connectivity index (χ3v) is 9.18. The fourth-order valence-corrected chi connectivity index (χ4v) is 5.24. The molecular formula is C39H61F17O10. The Morgan fingerprint density at radius 2 is 0.576 bits per heavy atom. The topological polar surface area (TPSA) is 100 Å². The van der Waals surface area contributed by atoms with Gasteiger partial charge in [0, 0.05) is 12.8 Å². The highest BCUT2D eigenvalue weighted by Gasteiger charge is 2.95. The summed E-state index contributed by atoms with van der Waals surface area (Å²) in [7, 11) is 0. The van der Waals surface area contributed by atoms with E-state index in [9.17, 15) is 79.4 Å². The molecule has 0 spiro atoms. The predicted molar refractivity (Wildman–Crippen MR) is 199 cm³/mol. The van der Waals surface area contributed by atoms with E-state index in [4.69, 9.17) is 37.9 Å². The van der Waals surface area contributed by atoms with Crippen molar-refractivity contribution >= 4 is 5.97 Å². The Labute approximate surface area is 372 Å². The van der Waals surface area contributed by atoms with Crippen LogP contribution < -0.4 is 0 Å². The lowest BCUT2D eigenvalue weighted by Crippen LogP contribution is -2.74. The van der Waals surface area contributed by atoms with Crippen LogP contribution in [0.3, 0.4) is 0 Å². The molecule has 0 aliphatic carbocycles.